The number of hydrogen-bond acceptors (Lipinski definition) is 8. The van der Waals surface area contributed by atoms with Gasteiger partial charge in [-0.3, -0.25) is 4.90 Å². The molecule has 0 aliphatic rings. The number of methoxy groups -OCH3 is 1. The first kappa shape index (κ1) is 20.0. The zero-order chi connectivity index (χ0) is 20.4. The molecule has 0 bridgehead atoms. The van der Waals surface area contributed by atoms with Gasteiger partial charge in [-0.25, -0.2) is 9.67 Å². The number of benzene rings is 2. The average Bonchev–Trinajstić information content (AvgIpc) is 3.30. The van der Waals surface area contributed by atoms with Crippen LogP contribution in [0, 0.1) is 3.95 Å². The summed E-state index contributed by atoms with van der Waals surface area (Å²) in [6, 6.07) is 16.1. The molecule has 0 saturated heterocycles. The zero-order valence-electron chi connectivity index (χ0n) is 16.3. The molecule has 4 rings (SSSR count). The van der Waals surface area contributed by atoms with E-state index >= 15 is 0 Å². The molecule has 150 valence electrons. The third-order valence-corrected chi connectivity index (χ3v) is 7.04. The van der Waals surface area contributed by atoms with Gasteiger partial charge in [0.05, 0.1) is 30.0 Å². The summed E-state index contributed by atoms with van der Waals surface area (Å²) in [4.78, 5) is 6.97. The average molecular weight is 444 g/mol. The van der Waals surface area contributed by atoms with Gasteiger partial charge in [0.25, 0.3) is 0 Å². The molecule has 0 aliphatic carbocycles. The van der Waals surface area contributed by atoms with Crippen molar-refractivity contribution in [1.29, 1.82) is 0 Å². The number of hydrogen-bond donors (Lipinski definition) is 1. The number of para-hydroxylation sites is 1. The maximum Gasteiger partial charge on any atom is 0.209 e. The van der Waals surface area contributed by atoms with Crippen LogP contribution in [0.1, 0.15) is 18.0 Å². The number of aromatic nitrogens is 3. The van der Waals surface area contributed by atoms with Crippen molar-refractivity contribution >= 4 is 55.9 Å². The summed E-state index contributed by atoms with van der Waals surface area (Å²) in [5.74, 6) is 0.794. The molecular weight excluding hydrogens is 422 g/mol. The number of nitrogens with zero attached hydrogens (tertiary/aromatic N) is 4. The fourth-order valence-electron chi connectivity index (χ4n) is 2.86. The van der Waals surface area contributed by atoms with Crippen LogP contribution in [0.15, 0.2) is 48.5 Å². The Morgan fingerprint density at radius 2 is 2.03 bits per heavy atom. The molecule has 0 radical (unpaired) electrons. The molecule has 4 aromatic rings. The first-order valence-electron chi connectivity index (χ1n) is 9.08. The van der Waals surface area contributed by atoms with E-state index in [1.807, 2.05) is 41.1 Å². The highest BCUT2D eigenvalue weighted by atomic mass is 32.1. The molecule has 2 aromatic heterocycles. The van der Waals surface area contributed by atoms with E-state index in [1.165, 1.54) is 16.0 Å². The van der Waals surface area contributed by atoms with Gasteiger partial charge in [0.2, 0.25) is 5.13 Å². The van der Waals surface area contributed by atoms with Gasteiger partial charge in [-0.05, 0) is 50.5 Å². The summed E-state index contributed by atoms with van der Waals surface area (Å²) in [6.45, 7) is 2.75. The van der Waals surface area contributed by atoms with Crippen LogP contribution in [0.25, 0.3) is 10.2 Å². The molecule has 0 spiro atoms. The first-order valence-corrected chi connectivity index (χ1v) is 11.1. The lowest BCUT2D eigenvalue weighted by atomic mass is 10.3. The second kappa shape index (κ2) is 8.58. The lowest BCUT2D eigenvalue weighted by Gasteiger charge is -2.22. The molecule has 2 heterocycles. The predicted molar refractivity (Wildman–Crippen MR) is 123 cm³/mol. The maximum absolute atomic E-state index is 5.53. The van der Waals surface area contributed by atoms with E-state index in [9.17, 15) is 0 Å². The van der Waals surface area contributed by atoms with Crippen molar-refractivity contribution in [2.75, 3.05) is 19.5 Å². The van der Waals surface area contributed by atoms with Gasteiger partial charge in [0.15, 0.2) is 3.95 Å². The Morgan fingerprint density at radius 3 is 2.83 bits per heavy atom. The Balaban J connectivity index is 1.48. The van der Waals surface area contributed by atoms with Crippen LogP contribution >= 0.6 is 34.9 Å². The molecule has 0 aliphatic heterocycles. The topological polar surface area (TPSA) is 55.2 Å². The minimum Gasteiger partial charge on any atom is -0.497 e. The maximum atomic E-state index is 5.53. The lowest BCUT2D eigenvalue weighted by Crippen LogP contribution is -2.26. The SMILES string of the molecule is COc1cccc(Nc2nn(CN(C)[C@H](C)c3nc4ccccc4s3)c(=S)s2)c1. The molecule has 2 aromatic carbocycles. The summed E-state index contributed by atoms with van der Waals surface area (Å²) in [6.07, 6.45) is 0. The third-order valence-electron chi connectivity index (χ3n) is 4.61. The third kappa shape index (κ3) is 4.48. The quantitative estimate of drug-likeness (QED) is 0.371. The zero-order valence-corrected chi connectivity index (χ0v) is 18.8. The summed E-state index contributed by atoms with van der Waals surface area (Å²) in [5.41, 5.74) is 1.96. The van der Waals surface area contributed by atoms with Crippen LogP contribution in [-0.4, -0.2) is 33.8 Å². The van der Waals surface area contributed by atoms with E-state index < -0.39 is 0 Å². The molecule has 0 saturated carbocycles. The van der Waals surface area contributed by atoms with Gasteiger partial charge < -0.3 is 10.1 Å². The number of rotatable bonds is 7. The summed E-state index contributed by atoms with van der Waals surface area (Å²) in [7, 11) is 3.72. The van der Waals surface area contributed by atoms with Gasteiger partial charge >= 0.3 is 0 Å². The van der Waals surface area contributed by atoms with Crippen LogP contribution in [0.2, 0.25) is 0 Å². The minimum absolute atomic E-state index is 0.158. The number of ether oxygens (including phenoxy) is 1. The Hall–Kier alpha value is -2.33. The normalized spacial score (nSPS) is 12.4. The summed E-state index contributed by atoms with van der Waals surface area (Å²) < 4.78 is 9.04. The summed E-state index contributed by atoms with van der Waals surface area (Å²) >= 11 is 8.71. The van der Waals surface area contributed by atoms with Crippen molar-refractivity contribution in [3.63, 3.8) is 0 Å². The second-order valence-electron chi connectivity index (χ2n) is 6.62. The van der Waals surface area contributed by atoms with Gasteiger partial charge in [0, 0.05) is 11.8 Å². The number of nitrogens with one attached hydrogen (secondary N) is 1. The van der Waals surface area contributed by atoms with E-state index in [2.05, 4.69) is 41.4 Å². The molecule has 29 heavy (non-hydrogen) atoms. The number of fused-ring (bicyclic) bond motifs is 1. The molecule has 0 unspecified atom stereocenters. The van der Waals surface area contributed by atoms with Crippen LogP contribution < -0.4 is 10.1 Å². The first-order chi connectivity index (χ1) is 14.0. The Bertz CT molecular complexity index is 1150. The highest BCUT2D eigenvalue weighted by Gasteiger charge is 2.17. The fourth-order valence-corrected chi connectivity index (χ4v) is 4.96. The molecule has 0 fully saturated rings. The van der Waals surface area contributed by atoms with Crippen LogP contribution in [0.5, 0.6) is 5.75 Å². The highest BCUT2D eigenvalue weighted by molar-refractivity contribution is 7.73. The summed E-state index contributed by atoms with van der Waals surface area (Å²) in [5, 5.41) is 9.78. The largest absolute Gasteiger partial charge is 0.497 e. The standard InChI is InChI=1S/C20H21N5OS3/c1-13(18-22-16-9-4-5-10-17(16)28-18)24(2)12-25-20(27)29-19(23-25)21-14-7-6-8-15(11-14)26-3/h4-11,13H,12H2,1-3H3,(H,21,23)/t13-/m1/s1. The molecule has 1 atom stereocenters. The van der Waals surface area contributed by atoms with Crippen molar-refractivity contribution < 1.29 is 4.74 Å². The fraction of sp³-hybridized carbons (Fsp3) is 0.250. The Labute approximate surface area is 182 Å². The van der Waals surface area contributed by atoms with Gasteiger partial charge in [-0.1, -0.05) is 29.5 Å². The van der Waals surface area contributed by atoms with E-state index in [4.69, 9.17) is 21.9 Å². The van der Waals surface area contributed by atoms with Gasteiger partial charge in [0.1, 0.15) is 10.8 Å². The van der Waals surface area contributed by atoms with Crippen molar-refractivity contribution in [3.05, 3.63) is 57.5 Å². The van der Waals surface area contributed by atoms with Crippen molar-refractivity contribution in [2.24, 2.45) is 0 Å². The van der Waals surface area contributed by atoms with Gasteiger partial charge in [-0.15, -0.1) is 16.4 Å². The van der Waals surface area contributed by atoms with E-state index in [1.54, 1.807) is 18.4 Å². The molecule has 6 nitrogen and oxygen atoms in total. The predicted octanol–water partition coefficient (Wildman–Crippen LogP) is 5.69. The van der Waals surface area contributed by atoms with Crippen molar-refractivity contribution in [1.82, 2.24) is 19.7 Å². The molecule has 0 amide bonds. The lowest BCUT2D eigenvalue weighted by molar-refractivity contribution is 0.195. The minimum atomic E-state index is 0.158. The van der Waals surface area contributed by atoms with Crippen LogP contribution in [0.3, 0.4) is 0 Å². The Kier molecular flexibility index (Phi) is 5.91. The molecule has 9 heteroatoms. The van der Waals surface area contributed by atoms with E-state index in [0.717, 1.165) is 31.0 Å². The van der Waals surface area contributed by atoms with Crippen molar-refractivity contribution in [3.8, 4) is 5.75 Å². The van der Waals surface area contributed by atoms with Crippen LogP contribution in [-0.2, 0) is 6.67 Å². The van der Waals surface area contributed by atoms with E-state index in [0.29, 0.717) is 6.67 Å². The smallest absolute Gasteiger partial charge is 0.209 e. The van der Waals surface area contributed by atoms with Crippen molar-refractivity contribution in [2.45, 2.75) is 19.6 Å². The Morgan fingerprint density at radius 1 is 1.21 bits per heavy atom. The van der Waals surface area contributed by atoms with E-state index in [-0.39, 0.29) is 6.04 Å². The highest BCUT2D eigenvalue weighted by Crippen LogP contribution is 2.29. The van der Waals surface area contributed by atoms with Crippen LogP contribution in [0.4, 0.5) is 10.8 Å². The second-order valence-corrected chi connectivity index (χ2v) is 9.31. The molecule has 1 N–H and O–H groups in total. The number of thiazole rings is 1. The monoisotopic (exact) mass is 443 g/mol. The van der Waals surface area contributed by atoms with Gasteiger partial charge in [-0.2, -0.15) is 0 Å². The molecular formula is C20H21N5OS3. The number of anilines is 2.